The Bertz CT molecular complexity index is 716. The Morgan fingerprint density at radius 3 is 2.86 bits per heavy atom. The van der Waals surface area contributed by atoms with Gasteiger partial charge in [0.05, 0.1) is 23.4 Å². The molecule has 0 amide bonds. The van der Waals surface area contributed by atoms with Crippen molar-refractivity contribution in [1.29, 1.82) is 5.26 Å². The molecule has 6 heteroatoms. The molecule has 2 rings (SSSR count). The number of benzene rings is 1. The summed E-state index contributed by atoms with van der Waals surface area (Å²) in [7, 11) is 0. The maximum absolute atomic E-state index is 11.4. The summed E-state index contributed by atoms with van der Waals surface area (Å²) in [4.78, 5) is 15.5. The number of carboxylic acids is 1. The molecule has 0 bridgehead atoms. The van der Waals surface area contributed by atoms with Gasteiger partial charge in [-0.25, -0.2) is 9.78 Å². The first kappa shape index (κ1) is 15.6. The van der Waals surface area contributed by atoms with Gasteiger partial charge in [0.15, 0.2) is 5.69 Å². The molecule has 114 valence electrons. The average Bonchev–Trinajstić information content (AvgIpc) is 2.90. The average molecular weight is 299 g/mol. The fourth-order valence-electron chi connectivity index (χ4n) is 2.09. The first-order chi connectivity index (χ1) is 10.6. The number of nitrogens with zero attached hydrogens (tertiary/aromatic N) is 3. The van der Waals surface area contributed by atoms with Crippen LogP contribution in [0.15, 0.2) is 30.6 Å². The SMILES string of the molecule is CCC(C#N)COc1ccccc1-n1cnc(C)c1C(=O)O. The summed E-state index contributed by atoms with van der Waals surface area (Å²) >= 11 is 0. The van der Waals surface area contributed by atoms with Crippen LogP contribution < -0.4 is 4.74 Å². The maximum atomic E-state index is 11.4. The van der Waals surface area contributed by atoms with E-state index in [4.69, 9.17) is 10.00 Å². The Morgan fingerprint density at radius 2 is 2.23 bits per heavy atom. The molecule has 0 aliphatic heterocycles. The number of aromatic nitrogens is 2. The number of imidazole rings is 1. The molecule has 0 aliphatic rings. The van der Waals surface area contributed by atoms with E-state index >= 15 is 0 Å². The van der Waals surface area contributed by atoms with Crippen molar-refractivity contribution in [2.24, 2.45) is 5.92 Å². The van der Waals surface area contributed by atoms with Crippen molar-refractivity contribution in [1.82, 2.24) is 9.55 Å². The smallest absolute Gasteiger partial charge is 0.354 e. The van der Waals surface area contributed by atoms with Gasteiger partial charge in [-0.1, -0.05) is 19.1 Å². The van der Waals surface area contributed by atoms with Gasteiger partial charge in [-0.2, -0.15) is 5.26 Å². The third-order valence-electron chi connectivity index (χ3n) is 3.39. The van der Waals surface area contributed by atoms with Gasteiger partial charge in [-0.15, -0.1) is 0 Å². The lowest BCUT2D eigenvalue weighted by molar-refractivity contribution is 0.0687. The molecule has 1 heterocycles. The normalized spacial score (nSPS) is 11.7. The number of rotatable bonds is 6. The zero-order chi connectivity index (χ0) is 16.1. The van der Waals surface area contributed by atoms with Gasteiger partial charge in [0.2, 0.25) is 0 Å². The van der Waals surface area contributed by atoms with Crippen molar-refractivity contribution >= 4 is 5.97 Å². The van der Waals surface area contributed by atoms with Gasteiger partial charge in [-0.05, 0) is 25.5 Å². The number of hydrogen-bond acceptors (Lipinski definition) is 4. The Labute approximate surface area is 128 Å². The van der Waals surface area contributed by atoms with E-state index in [0.29, 0.717) is 23.6 Å². The number of carbonyl (C=O) groups is 1. The van der Waals surface area contributed by atoms with E-state index in [1.165, 1.54) is 10.9 Å². The van der Waals surface area contributed by atoms with Crippen LogP contribution in [-0.4, -0.2) is 27.2 Å². The largest absolute Gasteiger partial charge is 0.490 e. The predicted molar refractivity (Wildman–Crippen MR) is 80.1 cm³/mol. The van der Waals surface area contributed by atoms with Crippen molar-refractivity contribution in [2.45, 2.75) is 20.3 Å². The second kappa shape index (κ2) is 6.76. The number of ether oxygens (including phenoxy) is 1. The Balaban J connectivity index is 2.37. The lowest BCUT2D eigenvalue weighted by Gasteiger charge is -2.14. The van der Waals surface area contributed by atoms with Gasteiger partial charge in [0, 0.05) is 0 Å². The summed E-state index contributed by atoms with van der Waals surface area (Å²) in [6, 6.07) is 9.29. The molecule has 1 N–H and O–H groups in total. The van der Waals surface area contributed by atoms with Crippen LogP contribution in [-0.2, 0) is 0 Å². The summed E-state index contributed by atoms with van der Waals surface area (Å²) in [6.07, 6.45) is 2.16. The Hall–Kier alpha value is -2.81. The highest BCUT2D eigenvalue weighted by Gasteiger charge is 2.18. The summed E-state index contributed by atoms with van der Waals surface area (Å²) < 4.78 is 7.20. The standard InChI is InChI=1S/C16H17N3O3/c1-3-12(8-17)9-22-14-7-5-4-6-13(14)19-10-18-11(2)15(19)16(20)21/h4-7,10,12H,3,9H2,1-2H3,(H,20,21). The van der Waals surface area contributed by atoms with Gasteiger partial charge in [-0.3, -0.25) is 4.57 Å². The van der Waals surface area contributed by atoms with Gasteiger partial charge >= 0.3 is 5.97 Å². The van der Waals surface area contributed by atoms with E-state index in [1.807, 2.05) is 6.92 Å². The molecule has 22 heavy (non-hydrogen) atoms. The van der Waals surface area contributed by atoms with Crippen LogP contribution in [0.4, 0.5) is 0 Å². The molecule has 0 radical (unpaired) electrons. The second-order valence-electron chi connectivity index (χ2n) is 4.87. The molecule has 1 aromatic heterocycles. The molecule has 1 unspecified atom stereocenters. The van der Waals surface area contributed by atoms with Crippen molar-refractivity contribution in [2.75, 3.05) is 6.61 Å². The molecule has 0 saturated carbocycles. The fraction of sp³-hybridized carbons (Fsp3) is 0.312. The van der Waals surface area contributed by atoms with E-state index in [-0.39, 0.29) is 18.2 Å². The Kier molecular flexibility index (Phi) is 4.79. The van der Waals surface area contributed by atoms with Crippen LogP contribution in [0, 0.1) is 24.2 Å². The highest BCUT2D eigenvalue weighted by atomic mass is 16.5. The molecule has 0 aliphatic carbocycles. The molecule has 6 nitrogen and oxygen atoms in total. The van der Waals surface area contributed by atoms with Crippen LogP contribution in [0.25, 0.3) is 5.69 Å². The first-order valence-electron chi connectivity index (χ1n) is 6.97. The van der Waals surface area contributed by atoms with Crippen molar-refractivity contribution < 1.29 is 14.6 Å². The van der Waals surface area contributed by atoms with E-state index in [0.717, 1.165) is 0 Å². The third-order valence-corrected chi connectivity index (χ3v) is 3.39. The molecule has 1 aromatic carbocycles. The Morgan fingerprint density at radius 1 is 1.50 bits per heavy atom. The fourth-order valence-corrected chi connectivity index (χ4v) is 2.09. The minimum Gasteiger partial charge on any atom is -0.490 e. The highest BCUT2D eigenvalue weighted by Crippen LogP contribution is 2.25. The number of aromatic carboxylic acids is 1. The highest BCUT2D eigenvalue weighted by molar-refractivity contribution is 5.88. The van der Waals surface area contributed by atoms with E-state index in [9.17, 15) is 9.90 Å². The third kappa shape index (κ3) is 3.09. The van der Waals surface area contributed by atoms with Crippen LogP contribution in [0.1, 0.15) is 29.5 Å². The minimum atomic E-state index is -1.05. The molecule has 1 atom stereocenters. The molecule has 0 saturated heterocycles. The van der Waals surface area contributed by atoms with Crippen LogP contribution in [0.2, 0.25) is 0 Å². The molecule has 0 fully saturated rings. The lowest BCUT2D eigenvalue weighted by Crippen LogP contribution is -2.12. The van der Waals surface area contributed by atoms with E-state index in [2.05, 4.69) is 11.1 Å². The number of nitriles is 1. The van der Waals surface area contributed by atoms with Gasteiger partial charge in [0.25, 0.3) is 0 Å². The molecule has 0 spiro atoms. The summed E-state index contributed by atoms with van der Waals surface area (Å²) in [6.45, 7) is 3.83. The van der Waals surface area contributed by atoms with E-state index < -0.39 is 5.97 Å². The first-order valence-corrected chi connectivity index (χ1v) is 6.97. The zero-order valence-electron chi connectivity index (χ0n) is 12.5. The summed E-state index contributed by atoms with van der Waals surface area (Å²) in [5.41, 5.74) is 1.13. The summed E-state index contributed by atoms with van der Waals surface area (Å²) in [5, 5.41) is 18.3. The van der Waals surface area contributed by atoms with E-state index in [1.54, 1.807) is 31.2 Å². The maximum Gasteiger partial charge on any atom is 0.354 e. The molecular formula is C16H17N3O3. The van der Waals surface area contributed by atoms with Gasteiger partial charge in [0.1, 0.15) is 18.7 Å². The number of para-hydroxylation sites is 2. The van der Waals surface area contributed by atoms with Crippen LogP contribution in [0.3, 0.4) is 0 Å². The van der Waals surface area contributed by atoms with Crippen LogP contribution in [0.5, 0.6) is 5.75 Å². The lowest BCUT2D eigenvalue weighted by atomic mass is 10.1. The topological polar surface area (TPSA) is 88.1 Å². The van der Waals surface area contributed by atoms with Crippen molar-refractivity contribution in [3.8, 4) is 17.5 Å². The number of aryl methyl sites for hydroxylation is 1. The van der Waals surface area contributed by atoms with Gasteiger partial charge < -0.3 is 9.84 Å². The van der Waals surface area contributed by atoms with Crippen LogP contribution >= 0.6 is 0 Å². The monoisotopic (exact) mass is 299 g/mol. The quantitative estimate of drug-likeness (QED) is 0.886. The van der Waals surface area contributed by atoms with Crippen molar-refractivity contribution in [3.05, 3.63) is 42.0 Å². The predicted octanol–water partition coefficient (Wildman–Crippen LogP) is 2.81. The number of carboxylic acid groups (broad SMARTS) is 1. The summed E-state index contributed by atoms with van der Waals surface area (Å²) in [5.74, 6) is -0.721. The molecule has 2 aromatic rings. The van der Waals surface area contributed by atoms with Crippen molar-refractivity contribution in [3.63, 3.8) is 0 Å². The molecular weight excluding hydrogens is 282 g/mol. The minimum absolute atomic E-state index is 0.100. The number of hydrogen-bond donors (Lipinski definition) is 1. The zero-order valence-corrected chi connectivity index (χ0v) is 12.5. The second-order valence-corrected chi connectivity index (χ2v) is 4.87.